The Morgan fingerprint density at radius 3 is 2.58 bits per heavy atom. The van der Waals surface area contributed by atoms with Gasteiger partial charge in [-0.2, -0.15) is 13.2 Å². The number of carbonyl (C=O) groups excluding carboxylic acids is 3. The summed E-state index contributed by atoms with van der Waals surface area (Å²) in [7, 11) is 0. The molecule has 1 aliphatic rings. The van der Waals surface area contributed by atoms with E-state index in [9.17, 15) is 27.6 Å². The minimum Gasteiger partial charge on any atom is -0.466 e. The molecule has 0 unspecified atom stereocenters. The second-order valence-electron chi connectivity index (χ2n) is 3.57. The summed E-state index contributed by atoms with van der Waals surface area (Å²) in [5.74, 6) is -3.21. The number of hydrogen-bond donors (Lipinski definition) is 0. The molecule has 1 rings (SSSR count). The van der Waals surface area contributed by atoms with Crippen LogP contribution in [0.25, 0.3) is 0 Å². The third-order valence-electron chi connectivity index (χ3n) is 2.17. The molecule has 1 aliphatic heterocycles. The maximum Gasteiger partial charge on any atom is 0.434 e. The van der Waals surface area contributed by atoms with Gasteiger partial charge in [-0.05, 0) is 6.92 Å². The molecule has 0 saturated carbocycles. The lowest BCUT2D eigenvalue weighted by Gasteiger charge is -2.15. The molecular weight excluding hydrogens is 267 g/mol. The first-order valence-corrected chi connectivity index (χ1v) is 5.33. The number of carbonyl (C=O) groups is 3. The van der Waals surface area contributed by atoms with Crippen LogP contribution in [0.3, 0.4) is 0 Å². The van der Waals surface area contributed by atoms with Crippen molar-refractivity contribution in [1.29, 1.82) is 0 Å². The maximum absolute atomic E-state index is 12.6. The smallest absolute Gasteiger partial charge is 0.434 e. The molecule has 0 saturated heterocycles. The minimum atomic E-state index is -4.92. The Balaban J connectivity index is 3.07. The molecular formula is C11H10F3NO4. The first-order valence-electron chi connectivity index (χ1n) is 5.33. The second-order valence-corrected chi connectivity index (χ2v) is 3.57. The number of ketones is 2. The minimum absolute atomic E-state index is 0.0105. The highest BCUT2D eigenvalue weighted by atomic mass is 19.4. The van der Waals surface area contributed by atoms with E-state index in [1.807, 2.05) is 0 Å². The van der Waals surface area contributed by atoms with Gasteiger partial charge in [-0.25, -0.2) is 0 Å². The third-order valence-corrected chi connectivity index (χ3v) is 2.17. The van der Waals surface area contributed by atoms with Crippen LogP contribution in [-0.4, -0.2) is 36.5 Å². The number of nitrogens with zero attached hydrogens (tertiary/aromatic N) is 1. The lowest BCUT2D eigenvalue weighted by molar-refractivity contribution is -0.145. The van der Waals surface area contributed by atoms with Crippen LogP contribution in [0, 0.1) is 0 Å². The molecule has 0 radical (unpaired) electrons. The van der Waals surface area contributed by atoms with Crippen LogP contribution < -0.4 is 0 Å². The van der Waals surface area contributed by atoms with E-state index >= 15 is 0 Å². The molecule has 0 fully saturated rings. The van der Waals surface area contributed by atoms with Gasteiger partial charge >= 0.3 is 12.1 Å². The molecule has 1 heterocycles. The van der Waals surface area contributed by atoms with E-state index in [0.29, 0.717) is 0 Å². The normalized spacial score (nSPS) is 15.7. The van der Waals surface area contributed by atoms with Gasteiger partial charge in [0.15, 0.2) is 17.3 Å². The van der Waals surface area contributed by atoms with Gasteiger partial charge in [0, 0.05) is 12.6 Å². The number of aliphatic imine (C=N–C) groups is 1. The number of alkyl halides is 3. The van der Waals surface area contributed by atoms with Crippen molar-refractivity contribution < 1.29 is 32.3 Å². The number of allylic oxidation sites excluding steroid dienone is 2. The van der Waals surface area contributed by atoms with Crippen LogP contribution in [-0.2, 0) is 19.1 Å². The highest BCUT2D eigenvalue weighted by molar-refractivity contribution is 6.26. The van der Waals surface area contributed by atoms with E-state index in [1.54, 1.807) is 0 Å². The summed E-state index contributed by atoms with van der Waals surface area (Å²) in [6.45, 7) is 1.47. The number of ether oxygens (including phenoxy) is 1. The monoisotopic (exact) mass is 277 g/mol. The van der Waals surface area contributed by atoms with E-state index in [-0.39, 0.29) is 6.61 Å². The van der Waals surface area contributed by atoms with Crippen LogP contribution in [0.15, 0.2) is 16.3 Å². The molecule has 0 atom stereocenters. The Bertz CT molecular complexity index is 477. The van der Waals surface area contributed by atoms with Crippen molar-refractivity contribution in [3.63, 3.8) is 0 Å². The van der Waals surface area contributed by atoms with Crippen LogP contribution in [0.4, 0.5) is 13.2 Å². The number of halogens is 3. The van der Waals surface area contributed by atoms with Crippen LogP contribution in [0.1, 0.15) is 19.8 Å². The van der Waals surface area contributed by atoms with Gasteiger partial charge < -0.3 is 4.74 Å². The van der Waals surface area contributed by atoms with E-state index in [4.69, 9.17) is 0 Å². The fourth-order valence-corrected chi connectivity index (χ4v) is 1.45. The lowest BCUT2D eigenvalue weighted by atomic mass is 9.97. The van der Waals surface area contributed by atoms with Gasteiger partial charge in [-0.1, -0.05) is 0 Å². The zero-order valence-electron chi connectivity index (χ0n) is 9.91. The standard InChI is InChI=1S/C11H10F3NO4/c1-2-19-8(18)5-7(17)9-6(16)3-4-15-10(9)11(12,13)14/h4H,2-3,5H2,1H3. The first kappa shape index (κ1) is 15.1. The van der Waals surface area contributed by atoms with Crippen LogP contribution in [0.2, 0.25) is 0 Å². The van der Waals surface area contributed by atoms with Gasteiger partial charge in [0.25, 0.3) is 0 Å². The summed E-state index contributed by atoms with van der Waals surface area (Å²) in [5.41, 5.74) is -2.64. The molecule has 5 nitrogen and oxygen atoms in total. The van der Waals surface area contributed by atoms with Crippen molar-refractivity contribution in [3.05, 3.63) is 11.3 Å². The van der Waals surface area contributed by atoms with Crippen molar-refractivity contribution in [2.24, 2.45) is 4.99 Å². The molecule has 0 aromatic carbocycles. The third kappa shape index (κ3) is 3.73. The Hall–Kier alpha value is -1.99. The lowest BCUT2D eigenvalue weighted by Crippen LogP contribution is -2.27. The zero-order valence-corrected chi connectivity index (χ0v) is 9.91. The first-order chi connectivity index (χ1) is 8.77. The Morgan fingerprint density at radius 1 is 1.42 bits per heavy atom. The largest absolute Gasteiger partial charge is 0.466 e. The summed E-state index contributed by atoms with van der Waals surface area (Å²) >= 11 is 0. The predicted octanol–water partition coefficient (Wildman–Crippen LogP) is 1.37. The molecule has 8 heteroatoms. The number of esters is 1. The van der Waals surface area contributed by atoms with E-state index in [0.717, 1.165) is 6.21 Å². The highest BCUT2D eigenvalue weighted by Gasteiger charge is 2.41. The summed E-state index contributed by atoms with van der Waals surface area (Å²) in [6, 6.07) is 0. The van der Waals surface area contributed by atoms with Gasteiger partial charge in [0.1, 0.15) is 6.42 Å². The molecule has 0 N–H and O–H groups in total. The molecule has 0 spiro atoms. The van der Waals surface area contributed by atoms with Crippen molar-refractivity contribution in [2.75, 3.05) is 6.61 Å². The Labute approximate surface area is 106 Å². The maximum atomic E-state index is 12.6. The van der Waals surface area contributed by atoms with Crippen molar-refractivity contribution >= 4 is 23.8 Å². The van der Waals surface area contributed by atoms with Gasteiger partial charge in [-0.3, -0.25) is 19.4 Å². The summed E-state index contributed by atoms with van der Waals surface area (Å²) in [5, 5.41) is 0. The topological polar surface area (TPSA) is 72.8 Å². The van der Waals surface area contributed by atoms with Gasteiger partial charge in [0.05, 0.1) is 12.2 Å². The van der Waals surface area contributed by atoms with Crippen molar-refractivity contribution in [2.45, 2.75) is 25.9 Å². The fraction of sp³-hybridized carbons (Fsp3) is 0.455. The van der Waals surface area contributed by atoms with Crippen molar-refractivity contribution in [3.8, 4) is 0 Å². The van der Waals surface area contributed by atoms with Crippen LogP contribution in [0.5, 0.6) is 0 Å². The number of hydrogen-bond acceptors (Lipinski definition) is 5. The van der Waals surface area contributed by atoms with Gasteiger partial charge in [-0.15, -0.1) is 0 Å². The molecule has 19 heavy (non-hydrogen) atoms. The number of rotatable bonds is 4. The highest BCUT2D eigenvalue weighted by Crippen LogP contribution is 2.32. The quantitative estimate of drug-likeness (QED) is 0.442. The van der Waals surface area contributed by atoms with Crippen LogP contribution >= 0.6 is 0 Å². The SMILES string of the molecule is CCOC(=O)CC(=O)C1=C(C(F)(F)F)N=CCC1=O. The Kier molecular flexibility index (Phi) is 4.57. The van der Waals surface area contributed by atoms with Gasteiger partial charge in [0.2, 0.25) is 0 Å². The Morgan fingerprint density at radius 2 is 2.05 bits per heavy atom. The summed E-state index contributed by atoms with van der Waals surface area (Å²) < 4.78 is 42.3. The fourth-order valence-electron chi connectivity index (χ4n) is 1.45. The van der Waals surface area contributed by atoms with E-state index in [2.05, 4.69) is 9.73 Å². The molecule has 0 bridgehead atoms. The predicted molar refractivity (Wildman–Crippen MR) is 57.5 cm³/mol. The van der Waals surface area contributed by atoms with Crippen molar-refractivity contribution in [1.82, 2.24) is 0 Å². The van der Waals surface area contributed by atoms with E-state index in [1.165, 1.54) is 6.92 Å². The molecule has 104 valence electrons. The zero-order chi connectivity index (χ0) is 14.6. The molecule has 0 amide bonds. The number of Topliss-reactive ketones (excluding diaryl/α,β-unsaturated/α-hetero) is 2. The van der Waals surface area contributed by atoms with E-state index < -0.39 is 47.8 Å². The molecule has 0 aliphatic carbocycles. The summed E-state index contributed by atoms with van der Waals surface area (Å²) in [4.78, 5) is 37.1. The second kappa shape index (κ2) is 5.77. The average Bonchev–Trinajstić information content (AvgIpc) is 2.27. The molecule has 0 aromatic heterocycles. The summed E-state index contributed by atoms with van der Waals surface area (Å²) in [6.07, 6.45) is -5.45. The molecule has 0 aromatic rings. The average molecular weight is 277 g/mol.